The summed E-state index contributed by atoms with van der Waals surface area (Å²) in [5, 5.41) is 2.71. The zero-order valence-electron chi connectivity index (χ0n) is 19.6. The molecular formula is C22H34N6O5S. The summed E-state index contributed by atoms with van der Waals surface area (Å²) in [7, 11) is -3.69. The number of hydrogen-bond donors (Lipinski definition) is 4. The molecule has 188 valence electrons. The molecule has 0 saturated carbocycles. The number of rotatable bonds is 12. The second-order valence-electron chi connectivity index (χ2n) is 8.66. The van der Waals surface area contributed by atoms with Crippen molar-refractivity contribution in [3.8, 4) is 0 Å². The van der Waals surface area contributed by atoms with Crippen molar-refractivity contribution in [3.05, 3.63) is 35.9 Å². The van der Waals surface area contributed by atoms with Gasteiger partial charge in [-0.05, 0) is 44.6 Å². The van der Waals surface area contributed by atoms with Crippen LogP contribution in [0.4, 0.5) is 0 Å². The minimum atomic E-state index is -3.69. The molecule has 3 atom stereocenters. The average molecular weight is 495 g/mol. The molecule has 2 amide bonds. The number of nitrogens with one attached hydrogen (secondary N) is 2. The maximum Gasteiger partial charge on any atom is 0.246 e. The SMILES string of the molecule is C[C@@]1(C(=O)N[C@H](C=O)CCCN=C(N)N)CCCN1C(=O)[C@H](Cc1ccccc1)NS(C)(=O)=O. The Balaban J connectivity index is 2.16. The molecule has 1 saturated heterocycles. The third kappa shape index (κ3) is 7.80. The number of nitrogens with two attached hydrogens (primary N) is 2. The number of hydrogen-bond acceptors (Lipinski definition) is 6. The van der Waals surface area contributed by atoms with Crippen LogP contribution in [-0.2, 0) is 30.8 Å². The highest BCUT2D eigenvalue weighted by atomic mass is 32.2. The number of guanidine groups is 1. The van der Waals surface area contributed by atoms with Gasteiger partial charge in [0.25, 0.3) is 0 Å². The molecule has 1 fully saturated rings. The van der Waals surface area contributed by atoms with Crippen molar-refractivity contribution < 1.29 is 22.8 Å². The Morgan fingerprint density at radius 1 is 1.26 bits per heavy atom. The summed E-state index contributed by atoms with van der Waals surface area (Å²) in [6, 6.07) is 7.21. The number of likely N-dealkylation sites (tertiary alicyclic amines) is 1. The van der Waals surface area contributed by atoms with Crippen LogP contribution in [0.15, 0.2) is 35.3 Å². The number of benzene rings is 1. The van der Waals surface area contributed by atoms with Gasteiger partial charge in [0.15, 0.2) is 5.96 Å². The molecule has 0 spiro atoms. The quantitative estimate of drug-likeness (QED) is 0.128. The molecule has 11 nitrogen and oxygen atoms in total. The highest BCUT2D eigenvalue weighted by Crippen LogP contribution is 2.30. The fourth-order valence-electron chi connectivity index (χ4n) is 4.05. The zero-order chi connectivity index (χ0) is 25.4. The second kappa shape index (κ2) is 11.9. The molecule has 2 rings (SSSR count). The van der Waals surface area contributed by atoms with Crippen LogP contribution in [0.1, 0.15) is 38.2 Å². The van der Waals surface area contributed by atoms with Crippen LogP contribution in [0.2, 0.25) is 0 Å². The van der Waals surface area contributed by atoms with Crippen LogP contribution in [0.3, 0.4) is 0 Å². The lowest BCUT2D eigenvalue weighted by atomic mass is 9.95. The average Bonchev–Trinajstić information content (AvgIpc) is 3.17. The summed E-state index contributed by atoms with van der Waals surface area (Å²) in [4.78, 5) is 43.5. The van der Waals surface area contributed by atoms with Crippen LogP contribution >= 0.6 is 0 Å². The van der Waals surface area contributed by atoms with Gasteiger partial charge in [0.2, 0.25) is 21.8 Å². The van der Waals surface area contributed by atoms with E-state index in [9.17, 15) is 22.8 Å². The van der Waals surface area contributed by atoms with Gasteiger partial charge in [-0.2, -0.15) is 0 Å². The largest absolute Gasteiger partial charge is 0.370 e. The minimum absolute atomic E-state index is 0.0490. The van der Waals surface area contributed by atoms with Gasteiger partial charge >= 0.3 is 0 Å². The summed E-state index contributed by atoms with van der Waals surface area (Å²) in [5.41, 5.74) is 10.1. The fourth-order valence-corrected chi connectivity index (χ4v) is 4.75. The molecule has 0 radical (unpaired) electrons. The molecule has 0 unspecified atom stereocenters. The number of sulfonamides is 1. The van der Waals surface area contributed by atoms with E-state index in [1.165, 1.54) is 4.90 Å². The Morgan fingerprint density at radius 3 is 2.53 bits per heavy atom. The number of amides is 2. The Hall–Kier alpha value is -2.99. The molecule has 0 aliphatic carbocycles. The first-order valence-corrected chi connectivity index (χ1v) is 13.0. The Bertz CT molecular complexity index is 996. The highest BCUT2D eigenvalue weighted by Gasteiger charge is 2.47. The molecule has 6 N–H and O–H groups in total. The third-order valence-electron chi connectivity index (χ3n) is 5.78. The van der Waals surface area contributed by atoms with Gasteiger partial charge in [-0.25, -0.2) is 13.1 Å². The fraction of sp³-hybridized carbons (Fsp3) is 0.545. The van der Waals surface area contributed by atoms with E-state index in [1.54, 1.807) is 31.2 Å². The van der Waals surface area contributed by atoms with Crippen molar-refractivity contribution in [2.75, 3.05) is 19.3 Å². The number of aliphatic imine (C=N–C) groups is 1. The van der Waals surface area contributed by atoms with Crippen LogP contribution in [-0.4, -0.2) is 74.3 Å². The molecule has 1 heterocycles. The third-order valence-corrected chi connectivity index (χ3v) is 6.49. The lowest BCUT2D eigenvalue weighted by Crippen LogP contribution is -2.61. The Morgan fingerprint density at radius 2 is 1.94 bits per heavy atom. The first-order chi connectivity index (χ1) is 16.0. The van der Waals surface area contributed by atoms with E-state index < -0.39 is 39.5 Å². The van der Waals surface area contributed by atoms with E-state index in [4.69, 9.17) is 11.5 Å². The maximum atomic E-state index is 13.5. The molecule has 0 aromatic heterocycles. The van der Waals surface area contributed by atoms with Gasteiger partial charge in [0.1, 0.15) is 17.9 Å². The van der Waals surface area contributed by atoms with E-state index in [2.05, 4.69) is 15.0 Å². The number of carbonyl (C=O) groups excluding carboxylic acids is 3. The van der Waals surface area contributed by atoms with Crippen LogP contribution in [0, 0.1) is 0 Å². The van der Waals surface area contributed by atoms with Crippen molar-refractivity contribution >= 4 is 34.1 Å². The highest BCUT2D eigenvalue weighted by molar-refractivity contribution is 7.88. The number of aldehydes is 1. The number of nitrogens with zero attached hydrogens (tertiary/aromatic N) is 2. The predicted octanol–water partition coefficient (Wildman–Crippen LogP) is -0.735. The first kappa shape index (κ1) is 27.3. The smallest absolute Gasteiger partial charge is 0.246 e. The standard InChI is InChI=1S/C22H34N6O5S/c1-22(20(31)26-17(15-29)10-6-12-25-21(23)24)11-7-13-28(22)19(30)18(27-34(2,32)33)14-16-8-4-3-5-9-16/h3-5,8-9,15,17-18,27H,6-7,10-14H2,1-2H3,(H,26,31)(H4,23,24,25)/t17-,18-,22-/m0/s1. The van der Waals surface area contributed by atoms with E-state index >= 15 is 0 Å². The van der Waals surface area contributed by atoms with Gasteiger partial charge in [-0.1, -0.05) is 30.3 Å². The molecule has 12 heteroatoms. The number of carbonyl (C=O) groups is 3. The predicted molar refractivity (Wildman–Crippen MR) is 129 cm³/mol. The molecule has 0 bridgehead atoms. The molecule has 1 aromatic carbocycles. The Labute approximate surface area is 200 Å². The van der Waals surface area contributed by atoms with Gasteiger partial charge in [-0.15, -0.1) is 0 Å². The summed E-state index contributed by atoms with van der Waals surface area (Å²) >= 11 is 0. The van der Waals surface area contributed by atoms with Crippen molar-refractivity contribution in [1.29, 1.82) is 0 Å². The first-order valence-electron chi connectivity index (χ1n) is 11.1. The van der Waals surface area contributed by atoms with Crippen molar-refractivity contribution in [3.63, 3.8) is 0 Å². The van der Waals surface area contributed by atoms with E-state index in [0.717, 1.165) is 11.8 Å². The van der Waals surface area contributed by atoms with E-state index in [1.807, 2.05) is 6.07 Å². The van der Waals surface area contributed by atoms with Crippen molar-refractivity contribution in [1.82, 2.24) is 14.9 Å². The summed E-state index contributed by atoms with van der Waals surface area (Å²) < 4.78 is 26.4. The minimum Gasteiger partial charge on any atom is -0.370 e. The summed E-state index contributed by atoms with van der Waals surface area (Å²) in [5.74, 6) is -0.998. The van der Waals surface area contributed by atoms with Crippen LogP contribution < -0.4 is 21.5 Å². The zero-order valence-corrected chi connectivity index (χ0v) is 20.4. The van der Waals surface area contributed by atoms with Crippen LogP contribution in [0.5, 0.6) is 0 Å². The lowest BCUT2D eigenvalue weighted by Gasteiger charge is -2.36. The molecule has 1 aliphatic rings. The van der Waals surface area contributed by atoms with Gasteiger partial charge < -0.3 is 26.5 Å². The summed E-state index contributed by atoms with van der Waals surface area (Å²) in [6.07, 6.45) is 3.56. The maximum absolute atomic E-state index is 13.5. The summed E-state index contributed by atoms with van der Waals surface area (Å²) in [6.45, 7) is 2.26. The van der Waals surface area contributed by atoms with E-state index in [0.29, 0.717) is 45.1 Å². The normalized spacial score (nSPS) is 19.8. The van der Waals surface area contributed by atoms with Gasteiger partial charge in [-0.3, -0.25) is 14.6 Å². The Kier molecular flexibility index (Phi) is 9.56. The molecule has 1 aromatic rings. The lowest BCUT2D eigenvalue weighted by molar-refractivity contribution is -0.145. The molecule has 1 aliphatic heterocycles. The van der Waals surface area contributed by atoms with Crippen molar-refractivity contribution in [2.45, 2.75) is 56.7 Å². The monoisotopic (exact) mass is 494 g/mol. The van der Waals surface area contributed by atoms with Gasteiger partial charge in [0.05, 0.1) is 12.3 Å². The van der Waals surface area contributed by atoms with Gasteiger partial charge in [0, 0.05) is 13.1 Å². The van der Waals surface area contributed by atoms with Crippen molar-refractivity contribution in [2.24, 2.45) is 16.5 Å². The van der Waals surface area contributed by atoms with Crippen LogP contribution in [0.25, 0.3) is 0 Å². The van der Waals surface area contributed by atoms with E-state index in [-0.39, 0.29) is 12.4 Å². The topological polar surface area (TPSA) is 177 Å². The molecule has 34 heavy (non-hydrogen) atoms. The molecular weight excluding hydrogens is 460 g/mol. The second-order valence-corrected chi connectivity index (χ2v) is 10.4.